The van der Waals surface area contributed by atoms with E-state index in [9.17, 15) is 10.5 Å². The summed E-state index contributed by atoms with van der Waals surface area (Å²) in [4.78, 5) is 2.61. The number of para-hydroxylation sites is 2. The largest absolute Gasteiger partial charge is 0.454 e. The van der Waals surface area contributed by atoms with Gasteiger partial charge < -0.3 is 9.32 Å². The second-order valence-electron chi connectivity index (χ2n) is 24.2. The molecule has 4 heteroatoms. The molecule has 1 heterocycles. The minimum absolute atomic E-state index is 0.265. The number of fused-ring (bicyclic) bond motifs is 14. The van der Waals surface area contributed by atoms with E-state index in [1.54, 1.807) is 6.07 Å². The number of hydrogen-bond acceptors (Lipinski definition) is 4. The standard InChI is InChI=1S/C83H45N3O/c84-44-46-40-47(45-85)42-52(41-46)68-73-57-29-11-9-27-55(57)69-66(49-21-3-1-4-22-49)71-59-31-13-15-33-61(59)75-79(71)83(77(69)73)78-70(56-28-10-12-30-58(56)74(68)78)67(50-23-5-2-6-24-50)72-60-32-14-16-34-62(60)76(80(72)83)81(75)86(53-39-38-48-20-7-8-25-51(48)43-53)64-36-19-35-63-54-26-17-18-37-65(54)87-82(63)64/h1-43,77,80H. The molecule has 0 saturated carbocycles. The SMILES string of the molecule is N#Cc1cc(C#N)cc(C2=C3c4ccccc4C4=C(c5ccccc5)C5=C6C(=C(N(c7ccc8ccccc8c7)c7cccc8c7oc7ccccc78)C7=c8ccccc8=C8C(c9ccccc9)=C9C(=C2c2ccccc29)C6(C34)C87)c2ccccc25)c1. The van der Waals surface area contributed by atoms with Gasteiger partial charge in [0.25, 0.3) is 0 Å². The molecule has 1 aromatic heterocycles. The lowest BCUT2D eigenvalue weighted by atomic mass is 9.41. The zero-order valence-corrected chi connectivity index (χ0v) is 46.7. The van der Waals surface area contributed by atoms with Crippen molar-refractivity contribution in [1.29, 1.82) is 10.5 Å². The van der Waals surface area contributed by atoms with Crippen LogP contribution < -0.4 is 15.3 Å². The van der Waals surface area contributed by atoms with Crippen LogP contribution >= 0.6 is 0 Å². The average Bonchev–Trinajstić information content (AvgIpc) is 1.44. The summed E-state index contributed by atoms with van der Waals surface area (Å²) in [5.41, 5.74) is 31.6. The summed E-state index contributed by atoms with van der Waals surface area (Å²) in [5.74, 6) is -0.536. The molecule has 8 aliphatic rings. The van der Waals surface area contributed by atoms with E-state index < -0.39 is 5.41 Å². The van der Waals surface area contributed by atoms with Gasteiger partial charge >= 0.3 is 0 Å². The van der Waals surface area contributed by atoms with Crippen molar-refractivity contribution in [2.45, 2.75) is 0 Å². The molecule has 1 spiro atoms. The summed E-state index contributed by atoms with van der Waals surface area (Å²) in [6, 6.07) is 101. The number of nitriles is 2. The van der Waals surface area contributed by atoms with Crippen LogP contribution in [0.15, 0.2) is 282 Å². The molecule has 12 aromatic rings. The van der Waals surface area contributed by atoms with Gasteiger partial charge in [-0.3, -0.25) is 0 Å². The molecule has 0 amide bonds. The molecule has 0 fully saturated rings. The Morgan fingerprint density at radius 3 is 1.53 bits per heavy atom. The highest BCUT2D eigenvalue weighted by Crippen LogP contribution is 2.84. The first kappa shape index (κ1) is 46.9. The Labute approximate surface area is 501 Å². The molecule has 87 heavy (non-hydrogen) atoms. The van der Waals surface area contributed by atoms with Crippen LogP contribution in [0.4, 0.5) is 11.4 Å². The van der Waals surface area contributed by atoms with Crippen molar-refractivity contribution in [3.8, 4) is 12.1 Å². The Bertz CT molecular complexity index is 5690. The van der Waals surface area contributed by atoms with E-state index in [1.165, 1.54) is 111 Å². The molecule has 11 aromatic carbocycles. The molecule has 0 bridgehead atoms. The molecule has 0 N–H and O–H groups in total. The van der Waals surface area contributed by atoms with Crippen LogP contribution in [0.25, 0.3) is 94.0 Å². The molecule has 8 aliphatic carbocycles. The van der Waals surface area contributed by atoms with E-state index >= 15 is 0 Å². The number of anilines is 2. The Balaban J connectivity index is 1.07. The zero-order chi connectivity index (χ0) is 57.0. The summed E-state index contributed by atoms with van der Waals surface area (Å²) in [6.07, 6.45) is 0. The van der Waals surface area contributed by atoms with Crippen molar-refractivity contribution in [2.24, 2.45) is 17.3 Å². The minimum atomic E-state index is -0.796. The van der Waals surface area contributed by atoms with Crippen molar-refractivity contribution < 1.29 is 4.42 Å². The van der Waals surface area contributed by atoms with Crippen molar-refractivity contribution in [2.75, 3.05) is 4.90 Å². The summed E-state index contributed by atoms with van der Waals surface area (Å²) in [5, 5.41) is 28.8. The first-order valence-electron chi connectivity index (χ1n) is 30.0. The van der Waals surface area contributed by atoms with E-state index in [0.717, 1.165) is 72.2 Å². The average molecular weight is 1100 g/mol. The van der Waals surface area contributed by atoms with E-state index in [2.05, 4.69) is 260 Å². The first-order valence-corrected chi connectivity index (χ1v) is 30.0. The second kappa shape index (κ2) is 16.8. The smallest absolute Gasteiger partial charge is 0.159 e. The minimum Gasteiger partial charge on any atom is -0.454 e. The quantitative estimate of drug-likeness (QED) is 0.166. The first-order chi connectivity index (χ1) is 43.1. The van der Waals surface area contributed by atoms with Gasteiger partial charge in [0.05, 0.1) is 34.6 Å². The fraction of sp³-hybridized carbons (Fsp3) is 0.0361. The van der Waals surface area contributed by atoms with Gasteiger partial charge in [-0.05, 0) is 181 Å². The zero-order valence-electron chi connectivity index (χ0n) is 46.7. The number of rotatable bonds is 6. The Hall–Kier alpha value is -11.6. The van der Waals surface area contributed by atoms with Crippen molar-refractivity contribution in [3.63, 3.8) is 0 Å². The van der Waals surface area contributed by atoms with Gasteiger partial charge in [-0.25, -0.2) is 0 Å². The third-order valence-corrected chi connectivity index (χ3v) is 20.3. The number of furan rings is 1. The van der Waals surface area contributed by atoms with Gasteiger partial charge in [0.1, 0.15) is 5.58 Å². The topological polar surface area (TPSA) is 64.0 Å². The predicted molar refractivity (Wildman–Crippen MR) is 351 cm³/mol. The Morgan fingerprint density at radius 2 is 0.862 bits per heavy atom. The lowest BCUT2D eigenvalue weighted by Crippen LogP contribution is -2.51. The third-order valence-electron chi connectivity index (χ3n) is 20.3. The predicted octanol–water partition coefficient (Wildman–Crippen LogP) is 18.0. The molecule has 3 atom stereocenters. The molecule has 4 nitrogen and oxygen atoms in total. The molecule has 0 radical (unpaired) electrons. The molecular formula is C83H45N3O. The summed E-state index contributed by atoms with van der Waals surface area (Å²) in [6.45, 7) is 0. The maximum Gasteiger partial charge on any atom is 0.159 e. The van der Waals surface area contributed by atoms with Crippen molar-refractivity contribution >= 4 is 105 Å². The van der Waals surface area contributed by atoms with E-state index in [4.69, 9.17) is 4.42 Å². The molecule has 3 unspecified atom stereocenters. The highest BCUT2D eigenvalue weighted by molar-refractivity contribution is 6.40. The van der Waals surface area contributed by atoms with Crippen molar-refractivity contribution in [3.05, 3.63) is 349 Å². The number of allylic oxidation sites excluding steroid dienone is 12. The lowest BCUT2D eigenvalue weighted by Gasteiger charge is -2.60. The van der Waals surface area contributed by atoms with E-state index in [0.29, 0.717) is 11.1 Å². The summed E-state index contributed by atoms with van der Waals surface area (Å²) >= 11 is 0. The van der Waals surface area contributed by atoms with Gasteiger partial charge in [0.2, 0.25) is 0 Å². The fourth-order valence-corrected chi connectivity index (χ4v) is 17.6. The molecule has 398 valence electrons. The van der Waals surface area contributed by atoms with Crippen LogP contribution in [0.1, 0.15) is 61.2 Å². The van der Waals surface area contributed by atoms with Gasteiger partial charge in [0, 0.05) is 39.3 Å². The molecule has 20 rings (SSSR count). The molecule has 0 aliphatic heterocycles. The van der Waals surface area contributed by atoms with Crippen LogP contribution in [-0.2, 0) is 0 Å². The number of hydrogen-bond donors (Lipinski definition) is 0. The molecular weight excluding hydrogens is 1050 g/mol. The second-order valence-corrected chi connectivity index (χ2v) is 24.2. The maximum atomic E-state index is 10.9. The summed E-state index contributed by atoms with van der Waals surface area (Å²) in [7, 11) is 0. The van der Waals surface area contributed by atoms with E-state index in [-0.39, 0.29) is 11.8 Å². The lowest BCUT2D eigenvalue weighted by molar-refractivity contribution is 0.350. The summed E-state index contributed by atoms with van der Waals surface area (Å²) < 4.78 is 7.26. The van der Waals surface area contributed by atoms with Crippen LogP contribution in [0.2, 0.25) is 0 Å². The van der Waals surface area contributed by atoms with Crippen molar-refractivity contribution in [1.82, 2.24) is 0 Å². The van der Waals surface area contributed by atoms with E-state index in [1.807, 2.05) is 12.1 Å². The third kappa shape index (κ3) is 5.72. The van der Waals surface area contributed by atoms with Gasteiger partial charge in [-0.2, -0.15) is 10.5 Å². The van der Waals surface area contributed by atoms with Crippen LogP contribution in [0.5, 0.6) is 0 Å². The fourth-order valence-electron chi connectivity index (χ4n) is 17.6. The highest BCUT2D eigenvalue weighted by Gasteiger charge is 2.71. The normalized spacial score (nSPS) is 19.2. The highest BCUT2D eigenvalue weighted by atomic mass is 16.3. The number of benzene rings is 11. The Kier molecular flexibility index (Phi) is 9.07. The molecule has 0 saturated heterocycles. The number of nitrogens with zero attached hydrogens (tertiary/aromatic N) is 3. The van der Waals surface area contributed by atoms with Gasteiger partial charge in [0.15, 0.2) is 5.58 Å². The van der Waals surface area contributed by atoms with Crippen LogP contribution in [0, 0.1) is 39.9 Å². The van der Waals surface area contributed by atoms with Crippen LogP contribution in [0.3, 0.4) is 0 Å². The monoisotopic (exact) mass is 1100 g/mol. The van der Waals surface area contributed by atoms with Gasteiger partial charge in [-0.15, -0.1) is 0 Å². The Morgan fingerprint density at radius 1 is 0.356 bits per heavy atom. The van der Waals surface area contributed by atoms with Gasteiger partial charge in [-0.1, -0.05) is 218 Å². The van der Waals surface area contributed by atoms with Crippen LogP contribution in [-0.4, -0.2) is 0 Å². The maximum absolute atomic E-state index is 10.9.